The van der Waals surface area contributed by atoms with Crippen LogP contribution in [0.3, 0.4) is 0 Å². The fourth-order valence-corrected chi connectivity index (χ4v) is 2.40. The molecule has 0 amide bonds. The van der Waals surface area contributed by atoms with Crippen molar-refractivity contribution < 1.29 is 4.74 Å². The molecule has 0 unspecified atom stereocenters. The van der Waals surface area contributed by atoms with E-state index < -0.39 is 0 Å². The van der Waals surface area contributed by atoms with Gasteiger partial charge in [0.2, 0.25) is 0 Å². The molecule has 0 radical (unpaired) electrons. The number of benzene rings is 2. The lowest BCUT2D eigenvalue weighted by Crippen LogP contribution is -2.13. The number of hydrogen-bond acceptors (Lipinski definition) is 2. The first kappa shape index (κ1) is 15.9. The highest BCUT2D eigenvalue weighted by molar-refractivity contribution is 6.32. The van der Waals surface area contributed by atoms with Gasteiger partial charge in [-0.3, -0.25) is 0 Å². The van der Waals surface area contributed by atoms with E-state index in [1.54, 1.807) is 0 Å². The van der Waals surface area contributed by atoms with Crippen molar-refractivity contribution in [3.8, 4) is 11.5 Å². The zero-order valence-electron chi connectivity index (χ0n) is 12.7. The van der Waals surface area contributed by atoms with Crippen molar-refractivity contribution in [2.24, 2.45) is 0 Å². The number of rotatable bonds is 7. The summed E-state index contributed by atoms with van der Waals surface area (Å²) in [6.07, 6.45) is 2.07. The molecule has 112 valence electrons. The Morgan fingerprint density at radius 2 is 1.86 bits per heavy atom. The zero-order chi connectivity index (χ0) is 15.1. The highest BCUT2D eigenvalue weighted by atomic mass is 35.5. The van der Waals surface area contributed by atoms with E-state index >= 15 is 0 Å². The van der Waals surface area contributed by atoms with E-state index in [9.17, 15) is 0 Å². The first-order valence-corrected chi connectivity index (χ1v) is 7.87. The second-order valence-electron chi connectivity index (χ2n) is 5.00. The van der Waals surface area contributed by atoms with Crippen molar-refractivity contribution in [2.45, 2.75) is 33.2 Å². The van der Waals surface area contributed by atoms with Gasteiger partial charge in [0.25, 0.3) is 0 Å². The molecule has 0 atom stereocenters. The minimum atomic E-state index is 0.650. The average Bonchev–Trinajstić information content (AvgIpc) is 2.50. The van der Waals surface area contributed by atoms with Gasteiger partial charge in [0.1, 0.15) is 11.5 Å². The first-order chi connectivity index (χ1) is 10.2. The Bertz CT molecular complexity index is 583. The van der Waals surface area contributed by atoms with Crippen LogP contribution in [0.15, 0.2) is 42.5 Å². The molecule has 0 spiro atoms. The first-order valence-electron chi connectivity index (χ1n) is 7.49. The van der Waals surface area contributed by atoms with Crippen LogP contribution < -0.4 is 10.1 Å². The Labute approximate surface area is 132 Å². The summed E-state index contributed by atoms with van der Waals surface area (Å²) >= 11 is 6.33. The van der Waals surface area contributed by atoms with Crippen LogP contribution in [0.4, 0.5) is 0 Å². The summed E-state index contributed by atoms with van der Waals surface area (Å²) in [6.45, 7) is 6.12. The van der Waals surface area contributed by atoms with Crippen molar-refractivity contribution in [1.82, 2.24) is 5.32 Å². The maximum atomic E-state index is 6.33. The second kappa shape index (κ2) is 8.06. The third-order valence-electron chi connectivity index (χ3n) is 3.33. The molecule has 2 aromatic carbocycles. The van der Waals surface area contributed by atoms with E-state index in [1.807, 2.05) is 30.3 Å². The molecule has 0 saturated carbocycles. The number of hydrogen-bond donors (Lipinski definition) is 1. The summed E-state index contributed by atoms with van der Waals surface area (Å²) < 4.78 is 5.96. The highest BCUT2D eigenvalue weighted by Crippen LogP contribution is 2.32. The fourth-order valence-electron chi connectivity index (χ4n) is 2.16. The SMILES string of the molecule is CCCNCc1ccc(Oc2ccccc2CC)c(Cl)c1. The third-order valence-corrected chi connectivity index (χ3v) is 3.62. The van der Waals surface area contributed by atoms with Gasteiger partial charge < -0.3 is 10.1 Å². The number of para-hydroxylation sites is 1. The molecule has 1 N–H and O–H groups in total. The summed E-state index contributed by atoms with van der Waals surface area (Å²) in [5.41, 5.74) is 2.35. The Morgan fingerprint density at radius 1 is 1.05 bits per heavy atom. The number of aryl methyl sites for hydroxylation is 1. The van der Waals surface area contributed by atoms with Crippen LogP contribution >= 0.6 is 11.6 Å². The lowest BCUT2D eigenvalue weighted by molar-refractivity contribution is 0.477. The molecule has 21 heavy (non-hydrogen) atoms. The third kappa shape index (κ3) is 4.48. The van der Waals surface area contributed by atoms with Gasteiger partial charge in [-0.1, -0.05) is 49.7 Å². The van der Waals surface area contributed by atoms with Crippen LogP contribution in [-0.4, -0.2) is 6.54 Å². The van der Waals surface area contributed by atoms with Crippen molar-refractivity contribution in [3.05, 3.63) is 58.6 Å². The summed E-state index contributed by atoms with van der Waals surface area (Å²) in [5, 5.41) is 4.02. The van der Waals surface area contributed by atoms with E-state index in [4.69, 9.17) is 16.3 Å². The van der Waals surface area contributed by atoms with E-state index in [1.165, 1.54) is 11.1 Å². The maximum absolute atomic E-state index is 6.33. The molecule has 2 aromatic rings. The molecule has 0 aromatic heterocycles. The molecule has 0 saturated heterocycles. The van der Waals surface area contributed by atoms with Crippen LogP contribution in [0.1, 0.15) is 31.4 Å². The molecule has 2 rings (SSSR count). The Kier molecular flexibility index (Phi) is 6.09. The lowest BCUT2D eigenvalue weighted by Gasteiger charge is -2.12. The Balaban J connectivity index is 2.10. The van der Waals surface area contributed by atoms with Crippen LogP contribution in [0.25, 0.3) is 0 Å². The maximum Gasteiger partial charge on any atom is 0.146 e. The average molecular weight is 304 g/mol. The number of ether oxygens (including phenoxy) is 1. The van der Waals surface area contributed by atoms with Crippen LogP contribution in [0.2, 0.25) is 5.02 Å². The van der Waals surface area contributed by atoms with Gasteiger partial charge >= 0.3 is 0 Å². The number of halogens is 1. The van der Waals surface area contributed by atoms with Gasteiger partial charge in [-0.25, -0.2) is 0 Å². The van der Waals surface area contributed by atoms with Gasteiger partial charge in [0, 0.05) is 6.54 Å². The molecular formula is C18H22ClNO. The van der Waals surface area contributed by atoms with Gasteiger partial charge in [-0.05, 0) is 48.7 Å². The minimum Gasteiger partial charge on any atom is -0.456 e. The molecule has 0 aliphatic rings. The fraction of sp³-hybridized carbons (Fsp3) is 0.333. The molecular weight excluding hydrogens is 282 g/mol. The van der Waals surface area contributed by atoms with Crippen molar-refractivity contribution >= 4 is 11.6 Å². The lowest BCUT2D eigenvalue weighted by atomic mass is 10.1. The second-order valence-corrected chi connectivity index (χ2v) is 5.41. The van der Waals surface area contributed by atoms with Gasteiger partial charge in [0.15, 0.2) is 0 Å². The molecule has 0 heterocycles. The van der Waals surface area contributed by atoms with Crippen LogP contribution in [0, 0.1) is 0 Å². The van der Waals surface area contributed by atoms with E-state index in [0.717, 1.165) is 31.7 Å². The molecule has 0 aliphatic carbocycles. The molecule has 3 heteroatoms. The zero-order valence-corrected chi connectivity index (χ0v) is 13.4. The smallest absolute Gasteiger partial charge is 0.146 e. The quantitative estimate of drug-likeness (QED) is 0.710. The van der Waals surface area contributed by atoms with E-state index in [-0.39, 0.29) is 0 Å². The van der Waals surface area contributed by atoms with E-state index in [2.05, 4.69) is 31.3 Å². The predicted octanol–water partition coefficient (Wildman–Crippen LogP) is 5.19. The van der Waals surface area contributed by atoms with Gasteiger partial charge in [-0.15, -0.1) is 0 Å². The van der Waals surface area contributed by atoms with Crippen molar-refractivity contribution in [2.75, 3.05) is 6.54 Å². The van der Waals surface area contributed by atoms with Crippen LogP contribution in [-0.2, 0) is 13.0 Å². The summed E-state index contributed by atoms with van der Waals surface area (Å²) in [4.78, 5) is 0. The number of nitrogens with one attached hydrogen (secondary N) is 1. The van der Waals surface area contributed by atoms with Gasteiger partial charge in [0.05, 0.1) is 5.02 Å². The minimum absolute atomic E-state index is 0.650. The summed E-state index contributed by atoms with van der Waals surface area (Å²) in [6, 6.07) is 14.0. The van der Waals surface area contributed by atoms with Gasteiger partial charge in [-0.2, -0.15) is 0 Å². The van der Waals surface area contributed by atoms with E-state index in [0.29, 0.717) is 10.8 Å². The summed E-state index contributed by atoms with van der Waals surface area (Å²) in [5.74, 6) is 1.58. The largest absolute Gasteiger partial charge is 0.456 e. The topological polar surface area (TPSA) is 21.3 Å². The van der Waals surface area contributed by atoms with Crippen molar-refractivity contribution in [1.29, 1.82) is 0 Å². The molecule has 2 nitrogen and oxygen atoms in total. The molecule has 0 bridgehead atoms. The Morgan fingerprint density at radius 3 is 2.57 bits per heavy atom. The standard InChI is InChI=1S/C18H22ClNO/c1-3-11-20-13-14-9-10-18(16(19)12-14)21-17-8-6-5-7-15(17)4-2/h5-10,12,20H,3-4,11,13H2,1-2H3. The summed E-state index contributed by atoms with van der Waals surface area (Å²) in [7, 11) is 0. The molecule has 0 fully saturated rings. The highest BCUT2D eigenvalue weighted by Gasteiger charge is 2.07. The Hall–Kier alpha value is -1.51. The van der Waals surface area contributed by atoms with Crippen LogP contribution in [0.5, 0.6) is 11.5 Å². The molecule has 0 aliphatic heterocycles. The monoisotopic (exact) mass is 303 g/mol. The normalized spacial score (nSPS) is 10.6. The predicted molar refractivity (Wildman–Crippen MR) is 89.3 cm³/mol. The van der Waals surface area contributed by atoms with Crippen molar-refractivity contribution in [3.63, 3.8) is 0 Å².